The molecule has 8 heteroatoms. The molecule has 0 bridgehead atoms. The molecule has 0 aliphatic carbocycles. The molecule has 0 aliphatic heterocycles. The monoisotopic (exact) mass is 353 g/mol. The molecule has 0 heterocycles. The van der Waals surface area contributed by atoms with Gasteiger partial charge in [0.1, 0.15) is 12.4 Å². The average molecular weight is 353 g/mol. The SMILES string of the molecule is CC(C)/C(C(=O)O)=C(\Cc1ccc(OCCN)cc1)C(=O)O.[Na].[Na]. The van der Waals surface area contributed by atoms with Gasteiger partial charge in [-0.1, -0.05) is 26.0 Å². The van der Waals surface area contributed by atoms with Crippen molar-refractivity contribution < 1.29 is 24.5 Å². The summed E-state index contributed by atoms with van der Waals surface area (Å²) in [6.45, 7) is 4.13. The van der Waals surface area contributed by atoms with Gasteiger partial charge in [-0.3, -0.25) is 0 Å². The number of ether oxygens (including phenoxy) is 1. The van der Waals surface area contributed by atoms with E-state index in [1.165, 1.54) is 0 Å². The summed E-state index contributed by atoms with van der Waals surface area (Å²) in [5, 5.41) is 18.5. The van der Waals surface area contributed by atoms with Gasteiger partial charge in [0.25, 0.3) is 0 Å². The second-order valence-electron chi connectivity index (χ2n) is 5.12. The van der Waals surface area contributed by atoms with Crippen molar-refractivity contribution in [1.82, 2.24) is 0 Å². The second-order valence-corrected chi connectivity index (χ2v) is 5.12. The van der Waals surface area contributed by atoms with Gasteiger partial charge >= 0.3 is 11.9 Å². The molecule has 0 atom stereocenters. The first-order valence-electron chi connectivity index (χ1n) is 6.98. The number of carbonyl (C=O) groups is 2. The maximum Gasteiger partial charge on any atom is 0.332 e. The summed E-state index contributed by atoms with van der Waals surface area (Å²) in [5.41, 5.74) is 5.88. The molecule has 1 rings (SSSR count). The molecule has 2 radical (unpaired) electrons. The van der Waals surface area contributed by atoms with E-state index < -0.39 is 11.9 Å². The van der Waals surface area contributed by atoms with Gasteiger partial charge in [0.15, 0.2) is 0 Å². The van der Waals surface area contributed by atoms with Crippen molar-refractivity contribution in [3.63, 3.8) is 0 Å². The van der Waals surface area contributed by atoms with Crippen molar-refractivity contribution in [1.29, 1.82) is 0 Å². The average Bonchev–Trinajstić information content (AvgIpc) is 2.44. The van der Waals surface area contributed by atoms with Gasteiger partial charge in [0, 0.05) is 72.1 Å². The quantitative estimate of drug-likeness (QED) is 0.474. The van der Waals surface area contributed by atoms with E-state index >= 15 is 0 Å². The molecular formula is C16H21NNa2O5. The summed E-state index contributed by atoms with van der Waals surface area (Å²) >= 11 is 0. The first-order chi connectivity index (χ1) is 10.4. The van der Waals surface area contributed by atoms with Crippen molar-refractivity contribution in [2.24, 2.45) is 11.7 Å². The Balaban J connectivity index is 0. The smallest absolute Gasteiger partial charge is 0.332 e. The standard InChI is InChI=1S/C16H21NO5.2Na/c1-10(2)14(16(20)21)13(15(18)19)9-11-3-5-12(6-4-11)22-8-7-17;;/h3-6,10H,7-9,17H2,1-2H3,(H,18,19)(H,20,21);;/b14-13-;;. The minimum atomic E-state index is -1.21. The molecule has 1 aromatic rings. The fourth-order valence-corrected chi connectivity index (χ4v) is 2.09. The van der Waals surface area contributed by atoms with E-state index in [0.717, 1.165) is 0 Å². The van der Waals surface area contributed by atoms with E-state index in [1.807, 2.05) is 0 Å². The third-order valence-corrected chi connectivity index (χ3v) is 3.08. The van der Waals surface area contributed by atoms with E-state index in [4.69, 9.17) is 10.5 Å². The Morgan fingerprint density at radius 1 is 1.08 bits per heavy atom. The molecule has 0 amide bonds. The number of carboxylic acid groups (broad SMARTS) is 2. The zero-order valence-corrected chi connectivity index (χ0v) is 18.7. The molecule has 0 fully saturated rings. The van der Waals surface area contributed by atoms with E-state index in [0.29, 0.717) is 24.5 Å². The van der Waals surface area contributed by atoms with Crippen LogP contribution in [0.1, 0.15) is 19.4 Å². The van der Waals surface area contributed by atoms with Gasteiger partial charge in [-0.15, -0.1) is 0 Å². The first kappa shape index (κ1) is 25.9. The normalized spacial score (nSPS) is 11.0. The van der Waals surface area contributed by atoms with Gasteiger partial charge < -0.3 is 20.7 Å². The van der Waals surface area contributed by atoms with Crippen LogP contribution in [-0.4, -0.2) is 94.4 Å². The Morgan fingerprint density at radius 2 is 1.62 bits per heavy atom. The van der Waals surface area contributed by atoms with E-state index in [-0.39, 0.29) is 82.6 Å². The van der Waals surface area contributed by atoms with Crippen molar-refractivity contribution in [2.45, 2.75) is 20.3 Å². The molecule has 0 aliphatic rings. The molecule has 24 heavy (non-hydrogen) atoms. The number of hydrogen-bond acceptors (Lipinski definition) is 4. The van der Waals surface area contributed by atoms with Crippen molar-refractivity contribution in [2.75, 3.05) is 13.2 Å². The fraction of sp³-hybridized carbons (Fsp3) is 0.375. The minimum Gasteiger partial charge on any atom is -0.492 e. The molecule has 1 aromatic carbocycles. The first-order valence-corrected chi connectivity index (χ1v) is 6.98. The number of benzene rings is 1. The molecule has 0 saturated heterocycles. The van der Waals surface area contributed by atoms with Gasteiger partial charge in [-0.05, 0) is 23.6 Å². The van der Waals surface area contributed by atoms with Crippen LogP contribution in [0.5, 0.6) is 5.75 Å². The summed E-state index contributed by atoms with van der Waals surface area (Å²) in [7, 11) is 0. The Labute approximate surface area is 186 Å². The van der Waals surface area contributed by atoms with Crippen LogP contribution in [0.4, 0.5) is 0 Å². The maximum atomic E-state index is 11.4. The van der Waals surface area contributed by atoms with Gasteiger partial charge in [-0.2, -0.15) is 0 Å². The topological polar surface area (TPSA) is 110 Å². The summed E-state index contributed by atoms with van der Waals surface area (Å²) < 4.78 is 5.34. The van der Waals surface area contributed by atoms with Crippen LogP contribution in [0.15, 0.2) is 35.4 Å². The Hall–Kier alpha value is -0.340. The fourth-order valence-electron chi connectivity index (χ4n) is 2.09. The van der Waals surface area contributed by atoms with Crippen LogP contribution in [0.2, 0.25) is 0 Å². The van der Waals surface area contributed by atoms with Crippen LogP contribution in [0, 0.1) is 5.92 Å². The number of rotatable bonds is 8. The van der Waals surface area contributed by atoms with E-state index in [1.54, 1.807) is 38.1 Å². The third-order valence-electron chi connectivity index (χ3n) is 3.08. The molecule has 6 nitrogen and oxygen atoms in total. The van der Waals surface area contributed by atoms with Crippen LogP contribution in [0.3, 0.4) is 0 Å². The Bertz CT molecular complexity index is 570. The summed E-state index contributed by atoms with van der Waals surface area (Å²) in [5.74, 6) is -2.15. The van der Waals surface area contributed by atoms with Gasteiger partial charge in [0.05, 0.1) is 11.1 Å². The van der Waals surface area contributed by atoms with Gasteiger partial charge in [0.2, 0.25) is 0 Å². The molecule has 0 spiro atoms. The van der Waals surface area contributed by atoms with Crippen molar-refractivity contribution in [3.8, 4) is 5.75 Å². The molecule has 0 unspecified atom stereocenters. The summed E-state index contributed by atoms with van der Waals surface area (Å²) in [6.07, 6.45) is 0.0479. The summed E-state index contributed by atoms with van der Waals surface area (Å²) in [4.78, 5) is 22.7. The number of aliphatic carboxylic acids is 2. The predicted octanol–water partition coefficient (Wildman–Crippen LogP) is 0.927. The van der Waals surface area contributed by atoms with Crippen molar-refractivity contribution >= 4 is 71.1 Å². The van der Waals surface area contributed by atoms with E-state index in [9.17, 15) is 19.8 Å². The zero-order chi connectivity index (χ0) is 16.7. The predicted molar refractivity (Wildman–Crippen MR) is 93.3 cm³/mol. The molecule has 0 aromatic heterocycles. The number of nitrogens with two attached hydrogens (primary N) is 1. The Kier molecular flexibility index (Phi) is 14.0. The summed E-state index contributed by atoms with van der Waals surface area (Å²) in [6, 6.07) is 6.85. The molecule has 0 saturated carbocycles. The maximum absolute atomic E-state index is 11.4. The van der Waals surface area contributed by atoms with Crippen LogP contribution in [0.25, 0.3) is 0 Å². The van der Waals surface area contributed by atoms with Crippen LogP contribution < -0.4 is 10.5 Å². The van der Waals surface area contributed by atoms with Crippen molar-refractivity contribution in [3.05, 3.63) is 41.0 Å². The van der Waals surface area contributed by atoms with Crippen LogP contribution in [-0.2, 0) is 16.0 Å². The molecule has 4 N–H and O–H groups in total. The van der Waals surface area contributed by atoms with Crippen LogP contribution >= 0.6 is 0 Å². The van der Waals surface area contributed by atoms with Gasteiger partial charge in [-0.25, -0.2) is 9.59 Å². The Morgan fingerprint density at radius 3 is 2.00 bits per heavy atom. The minimum absolute atomic E-state index is 0. The largest absolute Gasteiger partial charge is 0.492 e. The number of hydrogen-bond donors (Lipinski definition) is 3. The molecule has 122 valence electrons. The number of carboxylic acids is 2. The second kappa shape index (κ2) is 12.9. The third kappa shape index (κ3) is 8.16. The van der Waals surface area contributed by atoms with E-state index in [2.05, 4.69) is 0 Å². The zero-order valence-electron chi connectivity index (χ0n) is 14.7. The molecular weight excluding hydrogens is 332 g/mol.